The second-order valence-corrected chi connectivity index (χ2v) is 16.5. The number of rotatable bonds is 5. The van der Waals surface area contributed by atoms with E-state index in [1.54, 1.807) is 0 Å². The van der Waals surface area contributed by atoms with Crippen LogP contribution in [0.2, 0.25) is 0 Å². The highest BCUT2D eigenvalue weighted by Crippen LogP contribution is 2.61. The number of hydrogen-bond acceptors (Lipinski definition) is 4. The van der Waals surface area contributed by atoms with E-state index >= 15 is 0 Å². The van der Waals surface area contributed by atoms with Gasteiger partial charge in [0.1, 0.15) is 11.5 Å². The molecule has 0 amide bonds. The Morgan fingerprint density at radius 3 is 1.49 bits per heavy atom. The van der Waals surface area contributed by atoms with Crippen molar-refractivity contribution >= 4 is 0 Å². The van der Waals surface area contributed by atoms with E-state index in [-0.39, 0.29) is 5.41 Å². The van der Waals surface area contributed by atoms with Crippen LogP contribution in [0.5, 0.6) is 11.5 Å². The summed E-state index contributed by atoms with van der Waals surface area (Å²) in [6.45, 7) is 4.72. The number of benzene rings is 8. The van der Waals surface area contributed by atoms with Crippen LogP contribution in [-0.4, -0.2) is 9.97 Å². The zero-order valence-electron chi connectivity index (χ0n) is 33.8. The molecule has 4 heteroatoms. The van der Waals surface area contributed by atoms with E-state index in [1.807, 2.05) is 48.5 Å². The summed E-state index contributed by atoms with van der Waals surface area (Å²) < 4.78 is 6.62. The predicted octanol–water partition coefficient (Wildman–Crippen LogP) is 13.8. The summed E-state index contributed by atoms with van der Waals surface area (Å²) in [6, 6.07) is 72.4. The second kappa shape index (κ2) is 14.2. The molecule has 8 aromatic carbocycles. The number of ether oxygens (including phenoxy) is 1. The molecule has 1 aromatic heterocycles. The van der Waals surface area contributed by atoms with Crippen LogP contribution in [-0.2, 0) is 10.8 Å². The van der Waals surface area contributed by atoms with Gasteiger partial charge in [0, 0.05) is 33.2 Å². The molecule has 11 rings (SSSR count). The minimum absolute atomic E-state index is 0.288. The highest BCUT2D eigenvalue weighted by Gasteiger charge is 2.52. The summed E-state index contributed by atoms with van der Waals surface area (Å²) >= 11 is 0. The third kappa shape index (κ3) is 5.81. The van der Waals surface area contributed by atoms with Gasteiger partial charge in [0.15, 0.2) is 5.82 Å². The highest BCUT2D eigenvalue weighted by atomic mass is 16.5. The molecule has 0 N–H and O–H groups in total. The van der Waals surface area contributed by atoms with Crippen molar-refractivity contribution in [2.75, 3.05) is 0 Å². The van der Waals surface area contributed by atoms with Gasteiger partial charge in [-0.2, -0.15) is 5.26 Å². The highest BCUT2D eigenvalue weighted by molar-refractivity contribution is 5.81. The van der Waals surface area contributed by atoms with Gasteiger partial charge in [0.05, 0.1) is 28.4 Å². The van der Waals surface area contributed by atoms with Crippen molar-refractivity contribution in [3.8, 4) is 73.7 Å². The standard InChI is InChI=1S/C57H39N3O/c1-56(2)45-23-6-7-24-46(45)57(48-25-8-10-27-53(48)61-54-28-11-9-26-49(54)57)47-30-29-42(34-50(47)56)41-20-14-22-44(33-41)52-35-51(59-55(60-52)38-16-4-3-5-17-38)43-21-13-19-40(32-43)39-18-12-15-37(31-39)36-58/h3-35H,1-2H3. The summed E-state index contributed by atoms with van der Waals surface area (Å²) in [5, 5.41) is 9.57. The predicted molar refractivity (Wildman–Crippen MR) is 244 cm³/mol. The van der Waals surface area contributed by atoms with Crippen molar-refractivity contribution in [1.29, 1.82) is 5.26 Å². The van der Waals surface area contributed by atoms with Gasteiger partial charge in [-0.15, -0.1) is 0 Å². The molecule has 0 radical (unpaired) electrons. The lowest BCUT2D eigenvalue weighted by Gasteiger charge is -2.50. The number of fused-ring (bicyclic) bond motifs is 8. The lowest BCUT2D eigenvalue weighted by molar-refractivity contribution is 0.425. The first-order valence-corrected chi connectivity index (χ1v) is 20.7. The van der Waals surface area contributed by atoms with Gasteiger partial charge in [-0.25, -0.2) is 9.97 Å². The summed E-state index contributed by atoms with van der Waals surface area (Å²) in [6.07, 6.45) is 0. The number of aromatic nitrogens is 2. The van der Waals surface area contributed by atoms with Gasteiger partial charge in [-0.05, 0) is 93.0 Å². The molecule has 0 unspecified atom stereocenters. The largest absolute Gasteiger partial charge is 0.457 e. The Balaban J connectivity index is 1.06. The summed E-state index contributed by atoms with van der Waals surface area (Å²) in [7, 11) is 0. The van der Waals surface area contributed by atoms with Crippen LogP contribution >= 0.6 is 0 Å². The molecule has 0 saturated carbocycles. The van der Waals surface area contributed by atoms with Crippen molar-refractivity contribution in [3.05, 3.63) is 239 Å². The molecule has 0 bridgehead atoms. The Labute approximate surface area is 356 Å². The minimum atomic E-state index is -0.561. The van der Waals surface area contributed by atoms with Crippen LogP contribution in [0.1, 0.15) is 52.8 Å². The van der Waals surface area contributed by atoms with Crippen LogP contribution in [0, 0.1) is 11.3 Å². The van der Waals surface area contributed by atoms with E-state index in [4.69, 9.17) is 14.7 Å². The van der Waals surface area contributed by atoms with E-state index in [9.17, 15) is 5.26 Å². The second-order valence-electron chi connectivity index (χ2n) is 16.5. The van der Waals surface area contributed by atoms with E-state index in [2.05, 4.69) is 172 Å². The number of para-hydroxylation sites is 2. The van der Waals surface area contributed by atoms with Crippen LogP contribution < -0.4 is 4.74 Å². The molecule has 288 valence electrons. The quantitative estimate of drug-likeness (QED) is 0.174. The lowest BCUT2D eigenvalue weighted by atomic mass is 9.53. The van der Waals surface area contributed by atoms with Crippen molar-refractivity contribution in [2.45, 2.75) is 24.7 Å². The van der Waals surface area contributed by atoms with Crippen molar-refractivity contribution in [2.24, 2.45) is 0 Å². The van der Waals surface area contributed by atoms with Crippen LogP contribution in [0.25, 0.3) is 56.2 Å². The van der Waals surface area contributed by atoms with Crippen LogP contribution in [0.4, 0.5) is 0 Å². The third-order valence-electron chi connectivity index (χ3n) is 12.6. The first-order valence-electron chi connectivity index (χ1n) is 20.7. The Morgan fingerprint density at radius 1 is 0.393 bits per heavy atom. The van der Waals surface area contributed by atoms with E-state index in [1.165, 1.54) is 22.3 Å². The van der Waals surface area contributed by atoms with Gasteiger partial charge in [-0.1, -0.05) is 166 Å². The van der Waals surface area contributed by atoms with Crippen LogP contribution in [0.3, 0.4) is 0 Å². The fourth-order valence-corrected chi connectivity index (χ4v) is 9.73. The Hall–Kier alpha value is -7.87. The Kier molecular flexibility index (Phi) is 8.41. The normalized spacial score (nSPS) is 13.8. The average molecular weight is 782 g/mol. The molecule has 0 atom stereocenters. The van der Waals surface area contributed by atoms with Crippen molar-refractivity contribution in [1.82, 2.24) is 9.97 Å². The molecule has 0 saturated heterocycles. The lowest BCUT2D eigenvalue weighted by Crippen LogP contribution is -2.43. The summed E-state index contributed by atoms with van der Waals surface area (Å²) in [5.74, 6) is 2.43. The van der Waals surface area contributed by atoms with E-state index < -0.39 is 5.41 Å². The monoisotopic (exact) mass is 781 g/mol. The SMILES string of the molecule is CC1(C)c2ccccc2C2(c3ccccc3Oc3ccccc32)c2ccc(-c3cccc(-c4cc(-c5cccc(-c6cccc(C#N)c6)c5)nc(-c5ccccc5)n4)c3)cc21. The molecule has 0 fully saturated rings. The Morgan fingerprint density at radius 2 is 0.869 bits per heavy atom. The fourth-order valence-electron chi connectivity index (χ4n) is 9.73. The van der Waals surface area contributed by atoms with Gasteiger partial charge in [-0.3, -0.25) is 0 Å². The molecule has 2 heterocycles. The molecule has 61 heavy (non-hydrogen) atoms. The number of nitrogens with zero attached hydrogens (tertiary/aromatic N) is 3. The molecular weight excluding hydrogens is 743 g/mol. The molecule has 9 aromatic rings. The summed E-state index contributed by atoms with van der Waals surface area (Å²) in [4.78, 5) is 10.3. The molecule has 1 spiro atoms. The average Bonchev–Trinajstić information content (AvgIpc) is 3.33. The molecule has 1 aliphatic carbocycles. The molecular formula is C57H39N3O. The van der Waals surface area contributed by atoms with Gasteiger partial charge >= 0.3 is 0 Å². The Bertz CT molecular complexity index is 3180. The number of hydrogen-bond donors (Lipinski definition) is 0. The minimum Gasteiger partial charge on any atom is -0.457 e. The zero-order chi connectivity index (χ0) is 41.1. The zero-order valence-corrected chi connectivity index (χ0v) is 33.8. The van der Waals surface area contributed by atoms with E-state index in [0.29, 0.717) is 11.4 Å². The summed E-state index contributed by atoms with van der Waals surface area (Å²) in [5.41, 5.74) is 16.1. The third-order valence-corrected chi connectivity index (χ3v) is 12.6. The maximum atomic E-state index is 9.57. The maximum Gasteiger partial charge on any atom is 0.160 e. The van der Waals surface area contributed by atoms with Crippen molar-refractivity contribution < 1.29 is 4.74 Å². The molecule has 4 nitrogen and oxygen atoms in total. The fraction of sp³-hybridized carbons (Fsp3) is 0.0702. The topological polar surface area (TPSA) is 58.8 Å². The van der Waals surface area contributed by atoms with Crippen LogP contribution in [0.15, 0.2) is 200 Å². The first-order chi connectivity index (χ1) is 29.9. The van der Waals surface area contributed by atoms with Gasteiger partial charge < -0.3 is 4.74 Å². The van der Waals surface area contributed by atoms with Gasteiger partial charge in [0.25, 0.3) is 0 Å². The number of nitriles is 1. The van der Waals surface area contributed by atoms with E-state index in [0.717, 1.165) is 73.0 Å². The molecule has 1 aliphatic heterocycles. The molecule has 2 aliphatic rings. The van der Waals surface area contributed by atoms with Gasteiger partial charge in [0.2, 0.25) is 0 Å². The maximum absolute atomic E-state index is 9.57. The smallest absolute Gasteiger partial charge is 0.160 e. The first kappa shape index (κ1) is 36.2. The van der Waals surface area contributed by atoms with Crippen molar-refractivity contribution in [3.63, 3.8) is 0 Å².